The summed E-state index contributed by atoms with van der Waals surface area (Å²) in [5.74, 6) is 0. The number of aliphatic hydroxyl groups excluding tert-OH is 1. The van der Waals surface area contributed by atoms with E-state index in [4.69, 9.17) is 0 Å². The van der Waals surface area contributed by atoms with Crippen LogP contribution in [0.4, 0.5) is 0 Å². The molecule has 0 amide bonds. The van der Waals surface area contributed by atoms with Gasteiger partial charge in [-0.25, -0.2) is 0 Å². The second-order valence-corrected chi connectivity index (χ2v) is 5.72. The van der Waals surface area contributed by atoms with Gasteiger partial charge in [0.15, 0.2) is 5.12 Å². The number of carbonyl (C=O) groups is 1. The van der Waals surface area contributed by atoms with Crippen molar-refractivity contribution < 1.29 is 9.90 Å². The topological polar surface area (TPSA) is 37.3 Å². The molecule has 0 aliphatic rings. The van der Waals surface area contributed by atoms with E-state index in [9.17, 15) is 9.90 Å². The van der Waals surface area contributed by atoms with Gasteiger partial charge in [-0.2, -0.15) is 0 Å². The highest BCUT2D eigenvalue weighted by Gasteiger charge is 2.06. The molecule has 1 atom stereocenters. The summed E-state index contributed by atoms with van der Waals surface area (Å²) in [6.45, 7) is 2.25. The number of unbranched alkanes of at least 4 members (excludes halogenated alkanes) is 9. The van der Waals surface area contributed by atoms with E-state index in [1.807, 2.05) is 0 Å². The predicted molar refractivity (Wildman–Crippen MR) is 81.1 cm³/mol. The van der Waals surface area contributed by atoms with Gasteiger partial charge in [0, 0.05) is 6.42 Å². The number of thiol groups is 1. The third-order valence-corrected chi connectivity index (χ3v) is 3.48. The van der Waals surface area contributed by atoms with Gasteiger partial charge >= 0.3 is 0 Å². The SMILES string of the molecule is CCCCCCCCCCCCC(O)CC(=O)S. The fraction of sp³-hybridized carbons (Fsp3) is 0.933. The molecule has 2 nitrogen and oxygen atoms in total. The van der Waals surface area contributed by atoms with Gasteiger partial charge in [-0.3, -0.25) is 4.79 Å². The molecule has 3 heteroatoms. The van der Waals surface area contributed by atoms with Crippen LogP contribution in [-0.2, 0) is 4.79 Å². The number of aliphatic hydroxyl groups is 1. The summed E-state index contributed by atoms with van der Waals surface area (Å²) in [4.78, 5) is 10.6. The molecular formula is C15H30O2S. The molecule has 0 aliphatic heterocycles. The zero-order chi connectivity index (χ0) is 13.6. The number of carbonyl (C=O) groups excluding carboxylic acids is 1. The number of hydrogen-bond donors (Lipinski definition) is 2. The smallest absolute Gasteiger partial charge is 0.188 e. The van der Waals surface area contributed by atoms with Crippen molar-refractivity contribution >= 4 is 17.7 Å². The molecule has 0 saturated carbocycles. The number of hydrogen-bond acceptors (Lipinski definition) is 2. The Bertz CT molecular complexity index is 195. The summed E-state index contributed by atoms with van der Waals surface area (Å²) in [6, 6.07) is 0. The average molecular weight is 274 g/mol. The van der Waals surface area contributed by atoms with Crippen molar-refractivity contribution in [3.8, 4) is 0 Å². The zero-order valence-corrected chi connectivity index (χ0v) is 12.8. The van der Waals surface area contributed by atoms with Crippen molar-refractivity contribution in [1.29, 1.82) is 0 Å². The van der Waals surface area contributed by atoms with Crippen molar-refractivity contribution in [1.82, 2.24) is 0 Å². The van der Waals surface area contributed by atoms with Crippen LogP contribution in [0.15, 0.2) is 0 Å². The summed E-state index contributed by atoms with van der Waals surface area (Å²) < 4.78 is 0. The molecule has 1 unspecified atom stereocenters. The van der Waals surface area contributed by atoms with Crippen molar-refractivity contribution in [3.63, 3.8) is 0 Å². The van der Waals surface area contributed by atoms with Crippen LogP contribution in [0.5, 0.6) is 0 Å². The first-order chi connectivity index (χ1) is 8.66. The largest absolute Gasteiger partial charge is 0.393 e. The first-order valence-electron chi connectivity index (χ1n) is 7.56. The second-order valence-electron chi connectivity index (χ2n) is 5.22. The van der Waals surface area contributed by atoms with Crippen LogP contribution in [0.3, 0.4) is 0 Å². The third-order valence-electron chi connectivity index (χ3n) is 3.30. The highest BCUT2D eigenvalue weighted by molar-refractivity contribution is 7.96. The Labute approximate surface area is 118 Å². The first-order valence-corrected chi connectivity index (χ1v) is 8.01. The van der Waals surface area contributed by atoms with Crippen LogP contribution < -0.4 is 0 Å². The van der Waals surface area contributed by atoms with E-state index in [1.165, 1.54) is 57.8 Å². The lowest BCUT2D eigenvalue weighted by molar-refractivity contribution is -0.112. The van der Waals surface area contributed by atoms with Gasteiger partial charge in [0.2, 0.25) is 0 Å². The molecule has 0 aromatic heterocycles. The minimum atomic E-state index is -0.482. The fourth-order valence-corrected chi connectivity index (χ4v) is 2.38. The molecule has 18 heavy (non-hydrogen) atoms. The molecular weight excluding hydrogens is 244 g/mol. The van der Waals surface area contributed by atoms with E-state index in [0.717, 1.165) is 12.8 Å². The third kappa shape index (κ3) is 14.0. The van der Waals surface area contributed by atoms with Gasteiger partial charge in [-0.05, 0) is 6.42 Å². The molecule has 0 bridgehead atoms. The van der Waals surface area contributed by atoms with E-state index in [0.29, 0.717) is 0 Å². The van der Waals surface area contributed by atoms with Crippen LogP contribution in [0, 0.1) is 0 Å². The van der Waals surface area contributed by atoms with Gasteiger partial charge in [-0.1, -0.05) is 71.1 Å². The van der Waals surface area contributed by atoms with Crippen LogP contribution in [0.2, 0.25) is 0 Å². The van der Waals surface area contributed by atoms with Crippen molar-refractivity contribution in [3.05, 3.63) is 0 Å². The molecule has 0 saturated heterocycles. The van der Waals surface area contributed by atoms with Crippen molar-refractivity contribution in [2.45, 2.75) is 90.1 Å². The Morgan fingerprint density at radius 3 is 1.83 bits per heavy atom. The van der Waals surface area contributed by atoms with E-state index in [2.05, 4.69) is 19.6 Å². The molecule has 108 valence electrons. The Morgan fingerprint density at radius 1 is 0.944 bits per heavy atom. The standard InChI is InChI=1S/C15H30O2S/c1-2-3-4-5-6-7-8-9-10-11-12-14(16)13-15(17)18/h14,16H,2-13H2,1H3,(H,17,18). The molecule has 0 fully saturated rings. The van der Waals surface area contributed by atoms with Crippen LogP contribution >= 0.6 is 12.6 Å². The lowest BCUT2D eigenvalue weighted by Crippen LogP contribution is -2.09. The molecule has 0 aromatic rings. The molecule has 0 spiro atoms. The Morgan fingerprint density at radius 2 is 1.39 bits per heavy atom. The first kappa shape index (κ1) is 18.0. The van der Waals surface area contributed by atoms with Gasteiger partial charge in [0.1, 0.15) is 0 Å². The molecule has 1 N–H and O–H groups in total. The summed E-state index contributed by atoms with van der Waals surface area (Å²) in [5.41, 5.74) is 0. The summed E-state index contributed by atoms with van der Waals surface area (Å²) in [6.07, 6.45) is 13.4. The minimum Gasteiger partial charge on any atom is -0.393 e. The molecule has 0 rings (SSSR count). The number of rotatable bonds is 13. The zero-order valence-electron chi connectivity index (χ0n) is 11.9. The van der Waals surface area contributed by atoms with Gasteiger partial charge in [0.25, 0.3) is 0 Å². The Balaban J connectivity index is 3.09. The lowest BCUT2D eigenvalue weighted by atomic mass is 10.0. The van der Waals surface area contributed by atoms with Crippen LogP contribution in [0.25, 0.3) is 0 Å². The molecule has 0 aromatic carbocycles. The van der Waals surface area contributed by atoms with E-state index in [-0.39, 0.29) is 11.5 Å². The maximum absolute atomic E-state index is 10.6. The maximum atomic E-state index is 10.6. The molecule has 0 radical (unpaired) electrons. The van der Waals surface area contributed by atoms with E-state index >= 15 is 0 Å². The molecule has 0 aliphatic carbocycles. The summed E-state index contributed by atoms with van der Waals surface area (Å²) in [7, 11) is 0. The minimum absolute atomic E-state index is 0.195. The predicted octanol–water partition coefficient (Wildman–Crippen LogP) is 4.50. The van der Waals surface area contributed by atoms with Crippen molar-refractivity contribution in [2.24, 2.45) is 0 Å². The highest BCUT2D eigenvalue weighted by atomic mass is 32.1. The highest BCUT2D eigenvalue weighted by Crippen LogP contribution is 2.13. The quantitative estimate of drug-likeness (QED) is 0.383. The Hall–Kier alpha value is -0.0200. The van der Waals surface area contributed by atoms with Gasteiger partial charge in [0.05, 0.1) is 6.10 Å². The van der Waals surface area contributed by atoms with E-state index in [1.54, 1.807) is 0 Å². The molecule has 0 heterocycles. The van der Waals surface area contributed by atoms with Gasteiger partial charge < -0.3 is 5.11 Å². The summed E-state index contributed by atoms with van der Waals surface area (Å²) in [5, 5.41) is 9.26. The lowest BCUT2D eigenvalue weighted by Gasteiger charge is -2.07. The van der Waals surface area contributed by atoms with Crippen LogP contribution in [0.1, 0.15) is 84.0 Å². The normalized spacial score (nSPS) is 12.6. The van der Waals surface area contributed by atoms with Gasteiger partial charge in [-0.15, -0.1) is 12.6 Å². The monoisotopic (exact) mass is 274 g/mol. The van der Waals surface area contributed by atoms with E-state index < -0.39 is 6.10 Å². The Kier molecular flexibility index (Phi) is 13.4. The van der Waals surface area contributed by atoms with Crippen molar-refractivity contribution in [2.75, 3.05) is 0 Å². The average Bonchev–Trinajstić information content (AvgIpc) is 2.30. The maximum Gasteiger partial charge on any atom is 0.188 e. The fourth-order valence-electron chi connectivity index (χ4n) is 2.17. The van der Waals surface area contributed by atoms with Crippen LogP contribution in [-0.4, -0.2) is 16.3 Å². The second kappa shape index (κ2) is 13.4. The summed E-state index contributed by atoms with van der Waals surface area (Å²) >= 11 is 3.66.